The van der Waals surface area contributed by atoms with Gasteiger partial charge in [0.05, 0.1) is 0 Å². The molecule has 0 saturated carbocycles. The Morgan fingerprint density at radius 2 is 2.14 bits per heavy atom. The van der Waals surface area contributed by atoms with Crippen LogP contribution in [0.1, 0.15) is 35.3 Å². The third kappa shape index (κ3) is 5.58. The van der Waals surface area contributed by atoms with Gasteiger partial charge in [-0.25, -0.2) is 0 Å². The molecular formula is C17H24N2O2. The van der Waals surface area contributed by atoms with Gasteiger partial charge in [-0.2, -0.15) is 0 Å². The Morgan fingerprint density at radius 1 is 1.43 bits per heavy atom. The zero-order chi connectivity index (χ0) is 15.8. The van der Waals surface area contributed by atoms with Gasteiger partial charge in [-0.3, -0.25) is 4.79 Å². The molecule has 0 aliphatic heterocycles. The van der Waals surface area contributed by atoms with E-state index >= 15 is 0 Å². The molecule has 1 amide bonds. The van der Waals surface area contributed by atoms with Gasteiger partial charge in [0, 0.05) is 30.3 Å². The average molecular weight is 288 g/mol. The van der Waals surface area contributed by atoms with E-state index in [9.17, 15) is 4.79 Å². The third-order valence-corrected chi connectivity index (χ3v) is 3.43. The number of carbonyl (C=O) groups excluding carboxylic acids is 1. The molecule has 114 valence electrons. The molecular weight excluding hydrogens is 264 g/mol. The molecule has 0 aliphatic rings. The molecule has 0 aromatic heterocycles. The van der Waals surface area contributed by atoms with Crippen molar-refractivity contribution in [2.24, 2.45) is 0 Å². The molecule has 21 heavy (non-hydrogen) atoms. The maximum absolute atomic E-state index is 12.2. The number of aryl methyl sites for hydroxylation is 1. The van der Waals surface area contributed by atoms with Crippen LogP contribution in [0, 0.1) is 18.8 Å². The van der Waals surface area contributed by atoms with Crippen molar-refractivity contribution in [2.45, 2.75) is 26.8 Å². The Labute approximate surface area is 127 Å². The topological polar surface area (TPSA) is 52.6 Å². The maximum atomic E-state index is 12.2. The predicted octanol–water partition coefficient (Wildman–Crippen LogP) is 1.41. The van der Waals surface area contributed by atoms with E-state index < -0.39 is 0 Å². The van der Waals surface area contributed by atoms with Crippen molar-refractivity contribution in [3.05, 3.63) is 34.9 Å². The van der Waals surface area contributed by atoms with Crippen LogP contribution in [0.4, 0.5) is 0 Å². The Hall–Kier alpha value is -1.83. The number of hydrogen-bond acceptors (Lipinski definition) is 3. The number of carbonyl (C=O) groups is 1. The lowest BCUT2D eigenvalue weighted by atomic mass is 10.0. The number of likely N-dealkylation sites (N-methyl/N-ethyl adjacent to an activating group) is 1. The molecule has 4 heteroatoms. The molecule has 0 atom stereocenters. The fourth-order valence-corrected chi connectivity index (χ4v) is 1.79. The van der Waals surface area contributed by atoms with E-state index in [1.165, 1.54) is 0 Å². The van der Waals surface area contributed by atoms with Crippen molar-refractivity contribution >= 4 is 5.91 Å². The van der Waals surface area contributed by atoms with Crippen LogP contribution in [-0.2, 0) is 0 Å². The lowest BCUT2D eigenvalue weighted by Crippen LogP contribution is -2.36. The maximum Gasteiger partial charge on any atom is 0.251 e. The number of nitrogens with one attached hydrogen (secondary N) is 1. The minimum Gasteiger partial charge on any atom is -0.384 e. The van der Waals surface area contributed by atoms with Crippen molar-refractivity contribution in [1.82, 2.24) is 10.2 Å². The van der Waals surface area contributed by atoms with Gasteiger partial charge in [-0.05, 0) is 45.5 Å². The first-order valence-corrected chi connectivity index (χ1v) is 7.14. The summed E-state index contributed by atoms with van der Waals surface area (Å²) in [6.07, 6.45) is 0. The van der Waals surface area contributed by atoms with E-state index in [0.717, 1.165) is 17.7 Å². The molecule has 0 unspecified atom stereocenters. The van der Waals surface area contributed by atoms with Crippen LogP contribution in [0.5, 0.6) is 0 Å². The van der Waals surface area contributed by atoms with Crippen LogP contribution in [-0.4, -0.2) is 48.7 Å². The van der Waals surface area contributed by atoms with Gasteiger partial charge in [0.25, 0.3) is 5.91 Å². The van der Waals surface area contributed by atoms with E-state index in [1.807, 2.05) is 26.1 Å². The van der Waals surface area contributed by atoms with Crippen molar-refractivity contribution in [3.8, 4) is 11.8 Å². The highest BCUT2D eigenvalue weighted by Gasteiger charge is 2.10. The number of nitrogens with zero attached hydrogens (tertiary/aromatic N) is 1. The molecule has 4 nitrogen and oxygen atoms in total. The minimum absolute atomic E-state index is 0.0858. The molecule has 1 aromatic rings. The van der Waals surface area contributed by atoms with Crippen molar-refractivity contribution < 1.29 is 9.90 Å². The third-order valence-electron chi connectivity index (χ3n) is 3.43. The number of hydrogen-bond donors (Lipinski definition) is 2. The van der Waals surface area contributed by atoms with Gasteiger partial charge >= 0.3 is 0 Å². The Morgan fingerprint density at radius 3 is 2.76 bits per heavy atom. The van der Waals surface area contributed by atoms with Gasteiger partial charge in [-0.1, -0.05) is 17.9 Å². The summed E-state index contributed by atoms with van der Waals surface area (Å²) in [6.45, 7) is 7.38. The summed E-state index contributed by atoms with van der Waals surface area (Å²) in [5.41, 5.74) is 2.28. The Balaban J connectivity index is 2.69. The molecule has 1 rings (SSSR count). The SMILES string of the molecule is Cc1ccc(C#CCO)cc1C(=O)NCCN(C)C(C)C. The molecule has 0 heterocycles. The lowest BCUT2D eigenvalue weighted by Gasteiger charge is -2.21. The Bertz CT molecular complexity index is 541. The quantitative estimate of drug-likeness (QED) is 0.806. The zero-order valence-electron chi connectivity index (χ0n) is 13.2. The highest BCUT2D eigenvalue weighted by molar-refractivity contribution is 5.96. The first-order chi connectivity index (χ1) is 9.95. The summed E-state index contributed by atoms with van der Waals surface area (Å²) >= 11 is 0. The molecule has 0 saturated heterocycles. The monoisotopic (exact) mass is 288 g/mol. The number of benzene rings is 1. The lowest BCUT2D eigenvalue weighted by molar-refractivity contribution is 0.0947. The summed E-state index contributed by atoms with van der Waals surface area (Å²) in [5.74, 6) is 5.32. The standard InChI is InChI=1S/C17H24N2O2/c1-13(2)19(4)10-9-18-17(21)16-12-15(6-5-11-20)8-7-14(16)3/h7-8,12-13,20H,9-11H2,1-4H3,(H,18,21). The van der Waals surface area contributed by atoms with E-state index in [1.54, 1.807) is 6.07 Å². The largest absolute Gasteiger partial charge is 0.384 e. The van der Waals surface area contributed by atoms with Crippen LogP contribution in [0.3, 0.4) is 0 Å². The van der Waals surface area contributed by atoms with E-state index in [2.05, 4.69) is 35.9 Å². The van der Waals surface area contributed by atoms with Gasteiger partial charge in [0.15, 0.2) is 0 Å². The first kappa shape index (κ1) is 17.2. The smallest absolute Gasteiger partial charge is 0.251 e. The molecule has 2 N–H and O–H groups in total. The van der Waals surface area contributed by atoms with E-state index in [0.29, 0.717) is 18.2 Å². The summed E-state index contributed by atoms with van der Waals surface area (Å²) in [6, 6.07) is 5.94. The molecule has 0 radical (unpaired) electrons. The highest BCUT2D eigenvalue weighted by atomic mass is 16.2. The summed E-state index contributed by atoms with van der Waals surface area (Å²) in [4.78, 5) is 14.4. The van der Waals surface area contributed by atoms with Gasteiger partial charge in [-0.15, -0.1) is 0 Å². The second-order valence-corrected chi connectivity index (χ2v) is 5.32. The number of rotatable bonds is 5. The number of aliphatic hydroxyl groups is 1. The summed E-state index contributed by atoms with van der Waals surface area (Å²) in [7, 11) is 2.03. The van der Waals surface area contributed by atoms with Crippen molar-refractivity contribution in [3.63, 3.8) is 0 Å². The second kappa shape index (κ2) is 8.46. The van der Waals surface area contributed by atoms with Gasteiger partial charge in [0.2, 0.25) is 0 Å². The summed E-state index contributed by atoms with van der Waals surface area (Å²) in [5, 5.41) is 11.6. The van der Waals surface area contributed by atoms with Gasteiger partial charge < -0.3 is 15.3 Å². The average Bonchev–Trinajstić information content (AvgIpc) is 2.45. The molecule has 0 aliphatic carbocycles. The zero-order valence-corrected chi connectivity index (χ0v) is 13.2. The number of aliphatic hydroxyl groups excluding tert-OH is 1. The molecule has 0 spiro atoms. The van der Waals surface area contributed by atoms with Gasteiger partial charge in [0.1, 0.15) is 6.61 Å². The highest BCUT2D eigenvalue weighted by Crippen LogP contribution is 2.10. The molecule has 0 bridgehead atoms. The van der Waals surface area contributed by atoms with Crippen LogP contribution in [0.25, 0.3) is 0 Å². The molecule has 0 fully saturated rings. The number of amides is 1. The van der Waals surface area contributed by atoms with E-state index in [4.69, 9.17) is 5.11 Å². The second-order valence-electron chi connectivity index (χ2n) is 5.32. The summed E-state index contributed by atoms with van der Waals surface area (Å²) < 4.78 is 0. The Kier molecular flexibility index (Phi) is 6.93. The van der Waals surface area contributed by atoms with Crippen LogP contribution >= 0.6 is 0 Å². The fraction of sp³-hybridized carbons (Fsp3) is 0.471. The minimum atomic E-state index is -0.184. The van der Waals surface area contributed by atoms with Crippen LogP contribution in [0.2, 0.25) is 0 Å². The van der Waals surface area contributed by atoms with Crippen molar-refractivity contribution in [1.29, 1.82) is 0 Å². The normalized spacial score (nSPS) is 10.4. The van der Waals surface area contributed by atoms with Crippen LogP contribution < -0.4 is 5.32 Å². The molecule has 1 aromatic carbocycles. The van der Waals surface area contributed by atoms with Crippen molar-refractivity contribution in [2.75, 3.05) is 26.7 Å². The van der Waals surface area contributed by atoms with Crippen LogP contribution in [0.15, 0.2) is 18.2 Å². The fourth-order valence-electron chi connectivity index (χ4n) is 1.79. The van der Waals surface area contributed by atoms with E-state index in [-0.39, 0.29) is 12.5 Å². The predicted molar refractivity (Wildman–Crippen MR) is 85.2 cm³/mol. The first-order valence-electron chi connectivity index (χ1n) is 7.14.